The summed E-state index contributed by atoms with van der Waals surface area (Å²) < 4.78 is 0. The normalized spacial score (nSPS) is 9.75. The first-order valence-electron chi connectivity index (χ1n) is 7.61. The number of nitrogens with one attached hydrogen (secondary N) is 1. The van der Waals surface area contributed by atoms with E-state index in [1.807, 2.05) is 27.7 Å². The van der Waals surface area contributed by atoms with Crippen molar-refractivity contribution in [2.75, 3.05) is 26.7 Å². The zero-order valence-corrected chi connectivity index (χ0v) is 13.7. The second kappa shape index (κ2) is 14.3. The highest BCUT2D eigenvalue weighted by Crippen LogP contribution is 2.02. The summed E-state index contributed by atoms with van der Waals surface area (Å²) in [6, 6.07) is 0. The van der Waals surface area contributed by atoms with Crippen LogP contribution in [0.1, 0.15) is 54.8 Å². The van der Waals surface area contributed by atoms with Gasteiger partial charge in [0, 0.05) is 40.5 Å². The average Bonchev–Trinajstić information content (AvgIpc) is 2.44. The topological polar surface area (TPSA) is 69.6 Å². The van der Waals surface area contributed by atoms with Gasteiger partial charge >= 0.3 is 0 Å². The van der Waals surface area contributed by atoms with Gasteiger partial charge in [-0.3, -0.25) is 9.59 Å². The van der Waals surface area contributed by atoms with E-state index >= 15 is 0 Å². The molecule has 2 amide bonds. The zero-order valence-electron chi connectivity index (χ0n) is 13.7. The molecule has 0 aliphatic carbocycles. The SMILES string of the molecule is CC.CC(C)C(=O)N(C)CCCCC(=O)NCCCO.[HH]. The van der Waals surface area contributed by atoms with Gasteiger partial charge in [-0.25, -0.2) is 0 Å². The summed E-state index contributed by atoms with van der Waals surface area (Å²) in [5, 5.41) is 11.3. The molecule has 5 nitrogen and oxygen atoms in total. The van der Waals surface area contributed by atoms with Crippen molar-refractivity contribution in [3.8, 4) is 0 Å². The van der Waals surface area contributed by atoms with Crippen molar-refractivity contribution in [2.45, 2.75) is 53.4 Å². The molecule has 0 aliphatic rings. The third kappa shape index (κ3) is 12.0. The van der Waals surface area contributed by atoms with Crippen LogP contribution in [0.4, 0.5) is 0 Å². The van der Waals surface area contributed by atoms with Crippen LogP contribution in [0.15, 0.2) is 0 Å². The van der Waals surface area contributed by atoms with Gasteiger partial charge in [-0.1, -0.05) is 27.7 Å². The Morgan fingerprint density at radius 1 is 1.20 bits per heavy atom. The molecule has 0 radical (unpaired) electrons. The summed E-state index contributed by atoms with van der Waals surface area (Å²) >= 11 is 0. The van der Waals surface area contributed by atoms with Gasteiger partial charge in [0.2, 0.25) is 11.8 Å². The second-order valence-electron chi connectivity index (χ2n) is 4.80. The van der Waals surface area contributed by atoms with E-state index in [0.717, 1.165) is 12.8 Å². The molecule has 0 rings (SSSR count). The van der Waals surface area contributed by atoms with Gasteiger partial charge in [0.1, 0.15) is 0 Å². The van der Waals surface area contributed by atoms with Crippen LogP contribution in [0.5, 0.6) is 0 Å². The van der Waals surface area contributed by atoms with Crippen LogP contribution in [0.25, 0.3) is 0 Å². The molecule has 122 valence electrons. The van der Waals surface area contributed by atoms with Crippen LogP contribution in [0, 0.1) is 5.92 Å². The summed E-state index contributed by atoms with van der Waals surface area (Å²) in [5.41, 5.74) is 0. The number of aliphatic hydroxyl groups is 1. The highest BCUT2D eigenvalue weighted by Gasteiger charge is 2.12. The lowest BCUT2D eigenvalue weighted by Gasteiger charge is -2.19. The van der Waals surface area contributed by atoms with Gasteiger partial charge in [-0.2, -0.15) is 0 Å². The fraction of sp³-hybridized carbons (Fsp3) is 0.867. The maximum absolute atomic E-state index is 11.6. The molecule has 0 aliphatic heterocycles. The Morgan fingerprint density at radius 3 is 2.30 bits per heavy atom. The van der Waals surface area contributed by atoms with Crippen LogP contribution < -0.4 is 5.32 Å². The Bertz CT molecular complexity index is 261. The van der Waals surface area contributed by atoms with E-state index in [2.05, 4.69) is 5.32 Å². The van der Waals surface area contributed by atoms with Gasteiger partial charge in [0.25, 0.3) is 0 Å². The Kier molecular flexibility index (Phi) is 15.2. The molecular weight excluding hydrogens is 256 g/mol. The third-order valence-corrected chi connectivity index (χ3v) is 2.67. The first-order valence-corrected chi connectivity index (χ1v) is 7.61. The molecule has 0 spiro atoms. The Hall–Kier alpha value is -1.10. The first-order chi connectivity index (χ1) is 9.49. The Balaban J connectivity index is -0.00000103. The van der Waals surface area contributed by atoms with E-state index in [1.165, 1.54) is 0 Å². The van der Waals surface area contributed by atoms with E-state index in [9.17, 15) is 9.59 Å². The number of carbonyl (C=O) groups excluding carboxylic acids is 2. The van der Waals surface area contributed by atoms with Crippen molar-refractivity contribution in [3.63, 3.8) is 0 Å². The van der Waals surface area contributed by atoms with Crippen molar-refractivity contribution in [1.82, 2.24) is 10.2 Å². The van der Waals surface area contributed by atoms with Crippen molar-refractivity contribution in [2.24, 2.45) is 5.92 Å². The summed E-state index contributed by atoms with van der Waals surface area (Å²) in [6.45, 7) is 9.09. The lowest BCUT2D eigenvalue weighted by atomic mass is 10.1. The number of carbonyl (C=O) groups is 2. The largest absolute Gasteiger partial charge is 0.396 e. The standard InChI is InChI=1S/C13H26N2O3.C2H6.H2/c1-11(2)13(18)15(3)9-5-4-7-12(17)14-8-6-10-16;1-2;/h11,16H,4-10H2,1-3H3,(H,14,17);1-2H3;1H. The highest BCUT2D eigenvalue weighted by atomic mass is 16.3. The molecule has 2 N–H and O–H groups in total. The van der Waals surface area contributed by atoms with Gasteiger partial charge in [-0.15, -0.1) is 0 Å². The van der Waals surface area contributed by atoms with E-state index in [0.29, 0.717) is 25.9 Å². The number of amides is 2. The van der Waals surface area contributed by atoms with Crippen molar-refractivity contribution >= 4 is 11.8 Å². The van der Waals surface area contributed by atoms with Crippen molar-refractivity contribution in [3.05, 3.63) is 0 Å². The molecule has 0 aromatic heterocycles. The van der Waals surface area contributed by atoms with Crippen LogP contribution in [-0.4, -0.2) is 48.6 Å². The van der Waals surface area contributed by atoms with E-state index in [1.54, 1.807) is 11.9 Å². The van der Waals surface area contributed by atoms with E-state index in [-0.39, 0.29) is 25.8 Å². The Morgan fingerprint density at radius 2 is 1.80 bits per heavy atom. The summed E-state index contributed by atoms with van der Waals surface area (Å²) in [6.07, 6.45) is 2.69. The lowest BCUT2D eigenvalue weighted by Crippen LogP contribution is -2.31. The fourth-order valence-electron chi connectivity index (χ4n) is 1.58. The molecule has 0 aromatic carbocycles. The van der Waals surface area contributed by atoms with Crippen molar-refractivity contribution < 1.29 is 16.1 Å². The van der Waals surface area contributed by atoms with Crippen molar-refractivity contribution in [1.29, 1.82) is 0 Å². The van der Waals surface area contributed by atoms with Gasteiger partial charge < -0.3 is 15.3 Å². The molecule has 0 heterocycles. The number of hydrogen-bond acceptors (Lipinski definition) is 3. The van der Waals surface area contributed by atoms with Crippen LogP contribution in [-0.2, 0) is 9.59 Å². The molecule has 0 aromatic rings. The van der Waals surface area contributed by atoms with Gasteiger partial charge in [0.15, 0.2) is 0 Å². The van der Waals surface area contributed by atoms with Crippen LogP contribution >= 0.6 is 0 Å². The zero-order chi connectivity index (χ0) is 16.0. The monoisotopic (exact) mass is 290 g/mol. The average molecular weight is 290 g/mol. The highest BCUT2D eigenvalue weighted by molar-refractivity contribution is 5.77. The first kappa shape index (κ1) is 21.2. The minimum Gasteiger partial charge on any atom is -0.396 e. The predicted octanol–water partition coefficient (Wildman–Crippen LogP) is 2.04. The van der Waals surface area contributed by atoms with Crippen LogP contribution in [0.2, 0.25) is 0 Å². The minimum absolute atomic E-state index is 0. The molecule has 0 saturated carbocycles. The quantitative estimate of drug-likeness (QED) is 0.638. The maximum atomic E-state index is 11.6. The summed E-state index contributed by atoms with van der Waals surface area (Å²) in [5.74, 6) is 0.181. The van der Waals surface area contributed by atoms with Gasteiger partial charge in [-0.05, 0) is 19.3 Å². The number of unbranched alkanes of at least 4 members (excludes halogenated alkanes) is 1. The van der Waals surface area contributed by atoms with E-state index < -0.39 is 0 Å². The number of nitrogens with zero attached hydrogens (tertiary/aromatic N) is 1. The van der Waals surface area contributed by atoms with E-state index in [4.69, 9.17) is 5.11 Å². The molecule has 0 atom stereocenters. The third-order valence-electron chi connectivity index (χ3n) is 2.67. The minimum atomic E-state index is 0. The second-order valence-corrected chi connectivity index (χ2v) is 4.80. The molecule has 5 heteroatoms. The summed E-state index contributed by atoms with van der Waals surface area (Å²) in [7, 11) is 1.80. The molecule has 0 bridgehead atoms. The summed E-state index contributed by atoms with van der Waals surface area (Å²) in [4.78, 5) is 24.6. The predicted molar refractivity (Wildman–Crippen MR) is 84.5 cm³/mol. The van der Waals surface area contributed by atoms with Crippen LogP contribution in [0.3, 0.4) is 0 Å². The maximum Gasteiger partial charge on any atom is 0.224 e. The number of aliphatic hydroxyl groups excluding tert-OH is 1. The lowest BCUT2D eigenvalue weighted by molar-refractivity contribution is -0.133. The number of hydrogen-bond donors (Lipinski definition) is 2. The Labute approximate surface area is 125 Å². The molecular formula is C15H34N2O3. The molecule has 20 heavy (non-hydrogen) atoms. The molecule has 0 saturated heterocycles. The van der Waals surface area contributed by atoms with Gasteiger partial charge in [0.05, 0.1) is 0 Å². The fourth-order valence-corrected chi connectivity index (χ4v) is 1.58. The smallest absolute Gasteiger partial charge is 0.224 e. The molecule has 0 unspecified atom stereocenters. The number of rotatable bonds is 9. The molecule has 0 fully saturated rings.